The molecule has 0 spiro atoms. The van der Waals surface area contributed by atoms with Crippen LogP contribution >= 0.6 is 0 Å². The molecule has 0 aliphatic heterocycles. The molecular formula is C27H44N4O5. The van der Waals surface area contributed by atoms with Crippen LogP contribution in [0.1, 0.15) is 90.5 Å². The molecule has 1 aromatic rings. The number of hydrogen-bond acceptors (Lipinski definition) is 5. The Morgan fingerprint density at radius 2 is 1.67 bits per heavy atom. The molecule has 202 valence electrons. The van der Waals surface area contributed by atoms with Crippen molar-refractivity contribution < 1.29 is 23.9 Å². The normalized spacial score (nSPS) is 13.4. The summed E-state index contributed by atoms with van der Waals surface area (Å²) in [6, 6.07) is 3.30. The van der Waals surface area contributed by atoms with E-state index < -0.39 is 47.6 Å². The van der Waals surface area contributed by atoms with E-state index in [1.807, 2.05) is 39.0 Å². The summed E-state index contributed by atoms with van der Waals surface area (Å²) in [4.78, 5) is 53.5. The van der Waals surface area contributed by atoms with E-state index >= 15 is 0 Å². The first-order valence-electron chi connectivity index (χ1n) is 12.4. The minimum absolute atomic E-state index is 0.337. The van der Waals surface area contributed by atoms with E-state index in [0.717, 1.165) is 24.0 Å². The Morgan fingerprint density at radius 3 is 2.17 bits per heavy atom. The highest BCUT2D eigenvalue weighted by molar-refractivity contribution is 5.95. The fourth-order valence-electron chi connectivity index (χ4n) is 3.82. The van der Waals surface area contributed by atoms with Crippen molar-refractivity contribution in [2.45, 2.75) is 105 Å². The Bertz CT molecular complexity index is 946. The number of nitrogens with zero attached hydrogens (tertiary/aromatic N) is 1. The number of carbonyl (C=O) groups excluding carboxylic acids is 4. The van der Waals surface area contributed by atoms with Gasteiger partial charge in [-0.25, -0.2) is 4.79 Å². The summed E-state index contributed by atoms with van der Waals surface area (Å²) >= 11 is 0. The van der Waals surface area contributed by atoms with Crippen molar-refractivity contribution in [3.05, 3.63) is 34.9 Å². The third-order valence-electron chi connectivity index (χ3n) is 5.63. The minimum atomic E-state index is -1.31. The number of aryl methyl sites for hydroxylation is 1. The predicted octanol–water partition coefficient (Wildman–Crippen LogP) is 3.66. The lowest BCUT2D eigenvalue weighted by atomic mass is 9.91. The number of amides is 4. The van der Waals surface area contributed by atoms with Crippen LogP contribution in [0, 0.1) is 13.8 Å². The Hall–Kier alpha value is -3.10. The molecule has 2 unspecified atom stereocenters. The third-order valence-corrected chi connectivity index (χ3v) is 5.63. The van der Waals surface area contributed by atoms with Gasteiger partial charge in [0.1, 0.15) is 17.7 Å². The van der Waals surface area contributed by atoms with Gasteiger partial charge >= 0.3 is 6.09 Å². The molecular weight excluding hydrogens is 460 g/mol. The molecule has 0 aromatic heterocycles. The first-order chi connectivity index (χ1) is 16.5. The maximum Gasteiger partial charge on any atom is 0.408 e. The standard InChI is InChI=1S/C27H44N4O5/c1-10-11-15-29-23(33)22(19-14-12-13-17(2)18(19)3)31(26(4,5)6)24(34)20(16-21(28)32)30-25(35)36-27(7,8)9/h12-14,20,22H,10-11,15-16H2,1-9H3,(H2,28,32)(H,29,33)(H,30,35). The van der Waals surface area contributed by atoms with Crippen LogP contribution in [0.15, 0.2) is 18.2 Å². The van der Waals surface area contributed by atoms with E-state index in [1.165, 1.54) is 4.90 Å². The Kier molecular flexibility index (Phi) is 10.9. The van der Waals surface area contributed by atoms with Gasteiger partial charge in [-0.2, -0.15) is 0 Å². The molecule has 9 nitrogen and oxygen atoms in total. The third kappa shape index (κ3) is 9.17. The maximum absolute atomic E-state index is 14.0. The molecule has 4 amide bonds. The Morgan fingerprint density at radius 1 is 1.06 bits per heavy atom. The van der Waals surface area contributed by atoms with Gasteiger partial charge in [0.2, 0.25) is 17.7 Å². The van der Waals surface area contributed by atoms with Crippen molar-refractivity contribution in [3.63, 3.8) is 0 Å². The van der Waals surface area contributed by atoms with Crippen molar-refractivity contribution in [1.82, 2.24) is 15.5 Å². The summed E-state index contributed by atoms with van der Waals surface area (Å²) in [6.45, 7) is 16.8. The monoisotopic (exact) mass is 504 g/mol. The quantitative estimate of drug-likeness (QED) is 0.419. The number of nitrogens with two attached hydrogens (primary N) is 1. The van der Waals surface area contributed by atoms with Crippen LogP contribution in [-0.4, -0.2) is 52.4 Å². The van der Waals surface area contributed by atoms with E-state index in [1.54, 1.807) is 41.5 Å². The van der Waals surface area contributed by atoms with Crippen LogP contribution < -0.4 is 16.4 Å². The van der Waals surface area contributed by atoms with Crippen molar-refractivity contribution in [3.8, 4) is 0 Å². The summed E-state index contributed by atoms with van der Waals surface area (Å²) in [7, 11) is 0. The Labute approximate surface area is 215 Å². The molecule has 0 bridgehead atoms. The fourth-order valence-corrected chi connectivity index (χ4v) is 3.82. The molecule has 2 atom stereocenters. The van der Waals surface area contributed by atoms with E-state index in [4.69, 9.17) is 10.5 Å². The van der Waals surface area contributed by atoms with Crippen LogP contribution in [0.25, 0.3) is 0 Å². The van der Waals surface area contributed by atoms with Gasteiger partial charge in [-0.15, -0.1) is 0 Å². The van der Waals surface area contributed by atoms with Gasteiger partial charge in [-0.05, 0) is 78.5 Å². The molecule has 1 rings (SSSR count). The molecule has 9 heteroatoms. The first kappa shape index (κ1) is 30.9. The molecule has 0 aliphatic carbocycles. The van der Waals surface area contributed by atoms with Gasteiger partial charge < -0.3 is 26.0 Å². The molecule has 1 aromatic carbocycles. The van der Waals surface area contributed by atoms with Crippen molar-refractivity contribution in [2.75, 3.05) is 6.54 Å². The lowest BCUT2D eigenvalue weighted by Crippen LogP contribution is -2.59. The highest BCUT2D eigenvalue weighted by Crippen LogP contribution is 2.33. The van der Waals surface area contributed by atoms with E-state index in [-0.39, 0.29) is 5.91 Å². The summed E-state index contributed by atoms with van der Waals surface area (Å²) in [5.74, 6) is -1.71. The molecule has 4 N–H and O–H groups in total. The second-order valence-electron chi connectivity index (χ2n) is 11.1. The zero-order valence-electron chi connectivity index (χ0n) is 23.3. The molecule has 0 aliphatic rings. The molecule has 0 saturated carbocycles. The van der Waals surface area contributed by atoms with Gasteiger partial charge in [0, 0.05) is 12.1 Å². The first-order valence-corrected chi connectivity index (χ1v) is 12.4. The summed E-state index contributed by atoms with van der Waals surface area (Å²) < 4.78 is 5.31. The average molecular weight is 505 g/mol. The largest absolute Gasteiger partial charge is 0.444 e. The lowest BCUT2D eigenvalue weighted by Gasteiger charge is -2.43. The Balaban J connectivity index is 3.62. The smallest absolute Gasteiger partial charge is 0.408 e. The zero-order valence-corrected chi connectivity index (χ0v) is 23.3. The number of nitrogens with one attached hydrogen (secondary N) is 2. The number of alkyl carbamates (subject to hydrolysis) is 1. The van der Waals surface area contributed by atoms with Crippen LogP contribution in [-0.2, 0) is 19.1 Å². The van der Waals surface area contributed by atoms with Crippen LogP contribution in [0.5, 0.6) is 0 Å². The average Bonchev–Trinajstić information content (AvgIpc) is 2.70. The number of rotatable bonds is 10. The topological polar surface area (TPSA) is 131 Å². The highest BCUT2D eigenvalue weighted by Gasteiger charge is 2.42. The van der Waals surface area contributed by atoms with Gasteiger partial charge in [-0.3, -0.25) is 14.4 Å². The van der Waals surface area contributed by atoms with Gasteiger partial charge in [0.05, 0.1) is 6.42 Å². The number of benzene rings is 1. The summed E-state index contributed by atoms with van der Waals surface area (Å²) in [6.07, 6.45) is 0.393. The van der Waals surface area contributed by atoms with Gasteiger partial charge in [0.25, 0.3) is 0 Å². The van der Waals surface area contributed by atoms with E-state index in [9.17, 15) is 19.2 Å². The van der Waals surface area contributed by atoms with E-state index in [0.29, 0.717) is 12.1 Å². The second-order valence-corrected chi connectivity index (χ2v) is 11.1. The lowest BCUT2D eigenvalue weighted by molar-refractivity contribution is -0.149. The SMILES string of the molecule is CCCCNC(=O)C(c1cccc(C)c1C)N(C(=O)C(CC(N)=O)NC(=O)OC(C)(C)C)C(C)(C)C. The van der Waals surface area contributed by atoms with Crippen molar-refractivity contribution in [1.29, 1.82) is 0 Å². The number of primary amides is 1. The number of unbranched alkanes of at least 4 members (excludes halogenated alkanes) is 1. The number of ether oxygens (including phenoxy) is 1. The second kappa shape index (κ2) is 12.7. The molecule has 0 heterocycles. The number of carbonyl (C=O) groups is 4. The van der Waals surface area contributed by atoms with E-state index in [2.05, 4.69) is 10.6 Å². The maximum atomic E-state index is 14.0. The highest BCUT2D eigenvalue weighted by atomic mass is 16.6. The van der Waals surface area contributed by atoms with Crippen LogP contribution in [0.4, 0.5) is 4.79 Å². The predicted molar refractivity (Wildman–Crippen MR) is 140 cm³/mol. The van der Waals surface area contributed by atoms with Crippen molar-refractivity contribution in [2.24, 2.45) is 5.73 Å². The molecule has 0 radical (unpaired) electrons. The molecule has 0 saturated heterocycles. The van der Waals surface area contributed by atoms with Crippen LogP contribution in [0.2, 0.25) is 0 Å². The van der Waals surface area contributed by atoms with Gasteiger partial charge in [-0.1, -0.05) is 31.5 Å². The van der Waals surface area contributed by atoms with Crippen molar-refractivity contribution >= 4 is 23.8 Å². The van der Waals surface area contributed by atoms with Crippen LogP contribution in [0.3, 0.4) is 0 Å². The summed E-state index contributed by atoms with van der Waals surface area (Å²) in [5, 5.41) is 5.45. The summed E-state index contributed by atoms with van der Waals surface area (Å²) in [5.41, 5.74) is 6.29. The molecule has 36 heavy (non-hydrogen) atoms. The minimum Gasteiger partial charge on any atom is -0.444 e. The molecule has 0 fully saturated rings. The fraction of sp³-hybridized carbons (Fsp3) is 0.630. The zero-order chi connectivity index (χ0) is 27.8. The van der Waals surface area contributed by atoms with Gasteiger partial charge in [0.15, 0.2) is 0 Å². The number of hydrogen-bond donors (Lipinski definition) is 3.